The Kier molecular flexibility index (Phi) is 12.4. The molecule has 0 saturated heterocycles. The first-order valence-electron chi connectivity index (χ1n) is 16.1. The first-order valence-corrected chi connectivity index (χ1v) is 20.4. The summed E-state index contributed by atoms with van der Waals surface area (Å²) < 4.78 is 41.5. The van der Waals surface area contributed by atoms with Crippen LogP contribution in [0.4, 0.5) is 4.79 Å². The summed E-state index contributed by atoms with van der Waals surface area (Å²) in [6.07, 6.45) is -1.56. The Morgan fingerprint density at radius 1 is 0.933 bits per heavy atom. The van der Waals surface area contributed by atoms with Crippen LogP contribution in [0.15, 0.2) is 47.4 Å². The highest BCUT2D eigenvalue weighted by Gasteiger charge is 2.43. The average Bonchev–Trinajstić information content (AvgIpc) is 2.85. The Morgan fingerprint density at radius 3 is 1.96 bits per heavy atom. The number of aliphatic hydroxyl groups is 1. The van der Waals surface area contributed by atoms with Crippen molar-refractivity contribution in [2.45, 2.75) is 142 Å². The molecule has 0 spiro atoms. The second-order valence-electron chi connectivity index (χ2n) is 16.3. The van der Waals surface area contributed by atoms with Crippen LogP contribution in [0, 0.1) is 12.8 Å². The smallest absolute Gasteiger partial charge is 0.424 e. The maximum Gasteiger partial charge on any atom is 0.424 e. The molecule has 2 atom stereocenters. The van der Waals surface area contributed by atoms with E-state index in [1.165, 1.54) is 12.1 Å². The Hall–Kier alpha value is -2.20. The zero-order valence-electron chi connectivity index (χ0n) is 30.2. The molecule has 0 saturated carbocycles. The molecular weight excluding hydrogens is 603 g/mol. The molecule has 0 aliphatic rings. The van der Waals surface area contributed by atoms with E-state index in [4.69, 9.17) is 9.16 Å². The van der Waals surface area contributed by atoms with Gasteiger partial charge >= 0.3 is 6.09 Å². The number of benzene rings is 2. The van der Waals surface area contributed by atoms with E-state index in [0.717, 1.165) is 21.0 Å². The summed E-state index contributed by atoms with van der Waals surface area (Å²) in [6.45, 7) is 28.7. The second kappa shape index (κ2) is 14.3. The molecule has 0 bridgehead atoms. The molecule has 1 N–H and O–H groups in total. The third kappa shape index (κ3) is 10.4. The lowest BCUT2D eigenvalue weighted by Crippen LogP contribution is -2.50. The van der Waals surface area contributed by atoms with Gasteiger partial charge in [0.1, 0.15) is 11.7 Å². The molecule has 9 heteroatoms. The van der Waals surface area contributed by atoms with Crippen molar-refractivity contribution >= 4 is 24.4 Å². The SMILES string of the molecule is Cc1ccc(S(=O)(=O)N(C(=O)OC(C)(C)C)[C@H](CC(C)C)C(O)c2ccc(C(C)(C)C)cc2CCO[Si](C)(C)C(C)(C)C)cc1. The molecule has 0 radical (unpaired) electrons. The molecular formula is C36H59NO6SSi. The summed E-state index contributed by atoms with van der Waals surface area (Å²) in [5.74, 6) is -0.0398. The van der Waals surface area contributed by atoms with E-state index in [-0.39, 0.29) is 27.7 Å². The lowest BCUT2D eigenvalue weighted by Gasteiger charge is -2.37. The number of amides is 1. The van der Waals surface area contributed by atoms with E-state index in [9.17, 15) is 18.3 Å². The van der Waals surface area contributed by atoms with Gasteiger partial charge in [0.2, 0.25) is 0 Å². The van der Waals surface area contributed by atoms with Gasteiger partial charge in [0.15, 0.2) is 8.32 Å². The van der Waals surface area contributed by atoms with E-state index in [0.29, 0.717) is 18.6 Å². The van der Waals surface area contributed by atoms with Crippen LogP contribution in [0.3, 0.4) is 0 Å². The van der Waals surface area contributed by atoms with Gasteiger partial charge in [0, 0.05) is 6.61 Å². The van der Waals surface area contributed by atoms with Crippen LogP contribution in [-0.4, -0.2) is 50.5 Å². The van der Waals surface area contributed by atoms with Gasteiger partial charge in [-0.3, -0.25) is 0 Å². The maximum atomic E-state index is 14.3. The highest BCUT2D eigenvalue weighted by atomic mass is 32.2. The van der Waals surface area contributed by atoms with Gasteiger partial charge in [-0.25, -0.2) is 13.2 Å². The van der Waals surface area contributed by atoms with Gasteiger partial charge in [0.05, 0.1) is 10.9 Å². The largest absolute Gasteiger partial charge is 0.443 e. The third-order valence-electron chi connectivity index (χ3n) is 8.50. The lowest BCUT2D eigenvalue weighted by atomic mass is 9.83. The highest BCUT2D eigenvalue weighted by Crippen LogP contribution is 2.38. The monoisotopic (exact) mass is 661 g/mol. The van der Waals surface area contributed by atoms with Crippen molar-refractivity contribution in [2.24, 2.45) is 5.92 Å². The summed E-state index contributed by atoms with van der Waals surface area (Å²) in [5, 5.41) is 12.3. The number of aryl methyl sites for hydroxylation is 1. The Balaban J connectivity index is 2.74. The topological polar surface area (TPSA) is 93.1 Å². The molecule has 45 heavy (non-hydrogen) atoms. The van der Waals surface area contributed by atoms with Crippen molar-refractivity contribution in [3.8, 4) is 0 Å². The average molecular weight is 662 g/mol. The molecule has 2 aromatic carbocycles. The van der Waals surface area contributed by atoms with Crippen molar-refractivity contribution in [3.63, 3.8) is 0 Å². The van der Waals surface area contributed by atoms with Crippen molar-refractivity contribution in [2.75, 3.05) is 6.61 Å². The summed E-state index contributed by atoms with van der Waals surface area (Å²) in [5.41, 5.74) is 2.34. The number of rotatable bonds is 11. The standard InChI is InChI=1S/C36H59NO6SSi/c1-25(2)23-31(37(33(39)43-35(7,8)9)44(40,41)29-18-15-26(3)16-19-29)32(38)30-20-17-28(34(4,5)6)24-27(30)21-22-42-45(13,14)36(10,11)12/h15-20,24-25,31-32,38H,21-23H2,1-14H3/t31-,32?/m1/s1. The zero-order valence-corrected chi connectivity index (χ0v) is 32.1. The van der Waals surface area contributed by atoms with Gasteiger partial charge in [0.25, 0.3) is 10.0 Å². The van der Waals surface area contributed by atoms with Gasteiger partial charge in [-0.2, -0.15) is 4.31 Å². The van der Waals surface area contributed by atoms with E-state index in [1.54, 1.807) is 32.9 Å². The number of hydrogen-bond donors (Lipinski definition) is 1. The van der Waals surface area contributed by atoms with Crippen LogP contribution >= 0.6 is 0 Å². The van der Waals surface area contributed by atoms with Gasteiger partial charge in [-0.15, -0.1) is 0 Å². The molecule has 1 unspecified atom stereocenters. The normalized spacial score (nSPS) is 14.8. The minimum Gasteiger partial charge on any atom is -0.443 e. The Bertz CT molecular complexity index is 1400. The molecule has 2 aromatic rings. The number of carbonyl (C=O) groups excluding carboxylic acids is 1. The number of ether oxygens (including phenoxy) is 1. The molecule has 0 heterocycles. The molecule has 7 nitrogen and oxygen atoms in total. The van der Waals surface area contributed by atoms with Crippen molar-refractivity contribution in [3.05, 3.63) is 64.7 Å². The Morgan fingerprint density at radius 2 is 1.49 bits per heavy atom. The van der Waals surface area contributed by atoms with Crippen LogP contribution < -0.4 is 0 Å². The van der Waals surface area contributed by atoms with Crippen LogP contribution in [0.25, 0.3) is 0 Å². The molecule has 254 valence electrons. The van der Waals surface area contributed by atoms with Gasteiger partial charge in [-0.1, -0.05) is 91.3 Å². The van der Waals surface area contributed by atoms with Gasteiger partial charge < -0.3 is 14.3 Å². The molecule has 0 aliphatic carbocycles. The number of aliphatic hydroxyl groups excluding tert-OH is 1. The number of nitrogens with zero attached hydrogens (tertiary/aromatic N) is 1. The summed E-state index contributed by atoms with van der Waals surface area (Å²) in [4.78, 5) is 13.8. The first kappa shape index (κ1) is 39.0. The van der Waals surface area contributed by atoms with Crippen LogP contribution in [-0.2, 0) is 31.0 Å². The third-order valence-corrected chi connectivity index (χ3v) is 14.8. The number of carbonyl (C=O) groups is 1. The van der Waals surface area contributed by atoms with Crippen molar-refractivity contribution in [1.82, 2.24) is 4.31 Å². The van der Waals surface area contributed by atoms with Crippen LogP contribution in [0.5, 0.6) is 0 Å². The molecule has 0 aliphatic heterocycles. The fraction of sp³-hybridized carbons (Fsp3) is 0.639. The maximum absolute atomic E-state index is 14.3. The molecule has 0 fully saturated rings. The summed E-state index contributed by atoms with van der Waals surface area (Å²) in [7, 11) is -6.44. The number of sulfonamides is 1. The second-order valence-corrected chi connectivity index (χ2v) is 22.9. The van der Waals surface area contributed by atoms with E-state index >= 15 is 0 Å². The van der Waals surface area contributed by atoms with Crippen molar-refractivity contribution < 1.29 is 27.5 Å². The molecule has 2 rings (SSSR count). The fourth-order valence-electron chi connectivity index (χ4n) is 4.80. The summed E-state index contributed by atoms with van der Waals surface area (Å²) in [6, 6.07) is 11.2. The quantitative estimate of drug-likeness (QED) is 0.242. The van der Waals surface area contributed by atoms with E-state index in [2.05, 4.69) is 60.7 Å². The van der Waals surface area contributed by atoms with E-state index in [1.807, 2.05) is 32.9 Å². The summed E-state index contributed by atoms with van der Waals surface area (Å²) >= 11 is 0. The lowest BCUT2D eigenvalue weighted by molar-refractivity contribution is 0.0142. The van der Waals surface area contributed by atoms with E-state index < -0.39 is 42.2 Å². The van der Waals surface area contributed by atoms with Gasteiger partial charge in [-0.05, 0) is 98.8 Å². The zero-order chi connectivity index (χ0) is 34.8. The molecule has 0 aromatic heterocycles. The van der Waals surface area contributed by atoms with Crippen LogP contribution in [0.2, 0.25) is 18.1 Å². The fourth-order valence-corrected chi connectivity index (χ4v) is 7.34. The molecule has 1 amide bonds. The highest BCUT2D eigenvalue weighted by molar-refractivity contribution is 7.89. The number of hydrogen-bond acceptors (Lipinski definition) is 6. The minimum atomic E-state index is -4.40. The predicted octanol–water partition coefficient (Wildman–Crippen LogP) is 8.93. The van der Waals surface area contributed by atoms with Crippen molar-refractivity contribution in [1.29, 1.82) is 0 Å². The predicted molar refractivity (Wildman–Crippen MR) is 187 cm³/mol. The minimum absolute atomic E-state index is 0.0361. The Labute approximate surface area is 274 Å². The van der Waals surface area contributed by atoms with Crippen LogP contribution in [0.1, 0.15) is 111 Å². The first-order chi connectivity index (χ1) is 20.3.